The summed E-state index contributed by atoms with van der Waals surface area (Å²) in [4.78, 5) is 8.07. The first-order valence-electron chi connectivity index (χ1n) is 8.74. The van der Waals surface area contributed by atoms with Crippen LogP contribution < -0.4 is 0 Å². The highest BCUT2D eigenvalue weighted by Gasteiger charge is 2.22. The van der Waals surface area contributed by atoms with Crippen molar-refractivity contribution in [1.29, 1.82) is 0 Å². The van der Waals surface area contributed by atoms with Crippen LogP contribution in [-0.2, 0) is 0 Å². The second-order valence-corrected chi connectivity index (χ2v) is 9.25. The van der Waals surface area contributed by atoms with E-state index in [4.69, 9.17) is 17.2 Å². The highest BCUT2D eigenvalue weighted by atomic mass is 127. The van der Waals surface area contributed by atoms with Gasteiger partial charge in [-0.05, 0) is 64.4 Å². The maximum atomic E-state index is 6.19. The molecule has 6 heteroatoms. The number of rotatable bonds is 6. The fraction of sp³-hybridized carbons (Fsp3) is 0.136. The fourth-order valence-electron chi connectivity index (χ4n) is 2.82. The monoisotopic (exact) mass is 498 g/mol. The molecule has 2 aromatic heterocycles. The van der Waals surface area contributed by atoms with Crippen molar-refractivity contribution in [2.45, 2.75) is 18.9 Å². The zero-order valence-electron chi connectivity index (χ0n) is 15.9. The van der Waals surface area contributed by atoms with Crippen molar-refractivity contribution in [3.63, 3.8) is 0 Å². The molecule has 3 aromatic rings. The van der Waals surface area contributed by atoms with E-state index in [0.717, 1.165) is 28.1 Å². The molecule has 2 unspecified atom stereocenters. The van der Waals surface area contributed by atoms with Gasteiger partial charge in [0.15, 0.2) is 11.6 Å². The molecule has 0 spiro atoms. The molecule has 0 aliphatic heterocycles. The van der Waals surface area contributed by atoms with Crippen LogP contribution in [0.25, 0.3) is 28.4 Å². The van der Waals surface area contributed by atoms with E-state index in [9.17, 15) is 0 Å². The summed E-state index contributed by atoms with van der Waals surface area (Å²) in [6.45, 7) is 11.8. The van der Waals surface area contributed by atoms with Crippen LogP contribution in [0.15, 0.2) is 71.7 Å². The van der Waals surface area contributed by atoms with Crippen LogP contribution in [0.2, 0.25) is 0 Å². The number of hydrogen-bond donors (Lipinski definition) is 1. The molecule has 3 rings (SSSR count). The number of halogens is 1. The van der Waals surface area contributed by atoms with Gasteiger partial charge in [0.1, 0.15) is 5.76 Å². The smallest absolute Gasteiger partial charge is 0.174 e. The molecule has 1 N–H and O–H groups in total. The molecule has 1 aromatic carbocycles. The molecule has 2 radical (unpaired) electrons. The third-order valence-electron chi connectivity index (χ3n) is 4.37. The van der Waals surface area contributed by atoms with Gasteiger partial charge in [-0.1, -0.05) is 44.4 Å². The number of allylic oxidation sites excluding steroid dienone is 4. The number of nitrogens with one attached hydrogen (secondary N) is 1. The van der Waals surface area contributed by atoms with Crippen LogP contribution in [-0.4, -0.2) is 22.9 Å². The summed E-state index contributed by atoms with van der Waals surface area (Å²) < 4.78 is 7.28. The Hall–Kier alpha value is -1.85. The van der Waals surface area contributed by atoms with Gasteiger partial charge in [-0.2, -0.15) is 0 Å². The van der Waals surface area contributed by atoms with E-state index < -0.39 is 5.06 Å². The highest BCUT2D eigenvalue weighted by molar-refractivity contribution is 14.1. The third-order valence-corrected chi connectivity index (χ3v) is 5.43. The molecule has 0 saturated carbocycles. The van der Waals surface area contributed by atoms with Crippen LogP contribution in [0, 0.1) is 10.5 Å². The number of aromatic nitrogens is 2. The Morgan fingerprint density at radius 2 is 1.96 bits per heavy atom. The van der Waals surface area contributed by atoms with Gasteiger partial charge in [-0.15, -0.1) is 9.24 Å². The molecule has 0 fully saturated rings. The standard InChI is InChI=1S/C22H21BIN2OP/c1-5-6-17(13(2)22(4,23)28)18-11-12-19(27-18)21-25-14(3)20(26-21)15-7-9-16(24)10-8-15/h5-12H,1-2,28H2,3-4H3,(H,25,26)/b17-6+. The lowest BCUT2D eigenvalue weighted by Gasteiger charge is -2.23. The van der Waals surface area contributed by atoms with Crippen LogP contribution in [0.1, 0.15) is 18.4 Å². The van der Waals surface area contributed by atoms with Crippen molar-refractivity contribution in [1.82, 2.24) is 9.97 Å². The lowest BCUT2D eigenvalue weighted by atomic mass is 9.78. The molecule has 140 valence electrons. The zero-order chi connectivity index (χ0) is 20.5. The Morgan fingerprint density at radius 1 is 1.29 bits per heavy atom. The van der Waals surface area contributed by atoms with Crippen LogP contribution in [0.3, 0.4) is 0 Å². The van der Waals surface area contributed by atoms with Crippen LogP contribution >= 0.6 is 31.8 Å². The number of hydrogen-bond acceptors (Lipinski definition) is 2. The Labute approximate surface area is 183 Å². The number of aromatic amines is 1. The first-order chi connectivity index (χ1) is 13.2. The lowest BCUT2D eigenvalue weighted by Crippen LogP contribution is -2.18. The van der Waals surface area contributed by atoms with E-state index in [1.165, 1.54) is 3.57 Å². The molecular formula is C22H21BIN2OP. The minimum Gasteiger partial charge on any atom is -0.453 e. The Morgan fingerprint density at radius 3 is 2.57 bits per heavy atom. The summed E-state index contributed by atoms with van der Waals surface area (Å²) in [5, 5.41) is -0.652. The second-order valence-electron chi connectivity index (χ2n) is 6.81. The predicted molar refractivity (Wildman–Crippen MR) is 130 cm³/mol. The first kappa shape index (κ1) is 20.9. The lowest BCUT2D eigenvalue weighted by molar-refractivity contribution is 0.563. The minimum absolute atomic E-state index is 0.652. The molecule has 0 bridgehead atoms. The van der Waals surface area contributed by atoms with Crippen molar-refractivity contribution >= 4 is 45.3 Å². The topological polar surface area (TPSA) is 41.8 Å². The quantitative estimate of drug-likeness (QED) is 0.192. The van der Waals surface area contributed by atoms with E-state index >= 15 is 0 Å². The normalized spacial score (nSPS) is 13.9. The van der Waals surface area contributed by atoms with Crippen molar-refractivity contribution in [3.05, 3.63) is 82.3 Å². The molecule has 3 nitrogen and oxygen atoms in total. The molecule has 2 heterocycles. The summed E-state index contributed by atoms with van der Waals surface area (Å²) in [6, 6.07) is 12.1. The number of imidazole rings is 1. The number of aryl methyl sites for hydroxylation is 1. The van der Waals surface area contributed by atoms with E-state index in [-0.39, 0.29) is 0 Å². The van der Waals surface area contributed by atoms with E-state index in [1.54, 1.807) is 6.08 Å². The third kappa shape index (κ3) is 4.42. The van der Waals surface area contributed by atoms with E-state index in [2.05, 4.69) is 74.2 Å². The van der Waals surface area contributed by atoms with Gasteiger partial charge < -0.3 is 9.40 Å². The van der Waals surface area contributed by atoms with Gasteiger partial charge >= 0.3 is 0 Å². The number of nitrogens with zero attached hydrogens (tertiary/aromatic N) is 1. The summed E-state index contributed by atoms with van der Waals surface area (Å²) in [7, 11) is 8.79. The van der Waals surface area contributed by atoms with E-state index in [1.807, 2.05) is 32.1 Å². The maximum absolute atomic E-state index is 6.19. The number of furan rings is 1. The predicted octanol–water partition coefficient (Wildman–Crippen LogP) is 6.14. The van der Waals surface area contributed by atoms with Gasteiger partial charge in [0, 0.05) is 20.4 Å². The largest absolute Gasteiger partial charge is 0.453 e. The van der Waals surface area contributed by atoms with Gasteiger partial charge in [0.05, 0.1) is 13.5 Å². The average molecular weight is 498 g/mol. The molecular weight excluding hydrogens is 477 g/mol. The van der Waals surface area contributed by atoms with Crippen LogP contribution in [0.5, 0.6) is 0 Å². The van der Waals surface area contributed by atoms with Gasteiger partial charge in [0.25, 0.3) is 0 Å². The SMILES string of the molecule is [B]C(C)(P)C(=C)/C(=C\C=C)c1ccc(-c2nc(-c3ccc(I)cc3)c(C)[nH]2)o1. The highest BCUT2D eigenvalue weighted by Crippen LogP contribution is 2.36. The summed E-state index contributed by atoms with van der Waals surface area (Å²) in [5.74, 6) is 2.01. The van der Waals surface area contributed by atoms with Gasteiger partial charge in [0.2, 0.25) is 0 Å². The first-order valence-corrected chi connectivity index (χ1v) is 10.4. The Balaban J connectivity index is 1.97. The van der Waals surface area contributed by atoms with Crippen LogP contribution in [0.4, 0.5) is 0 Å². The van der Waals surface area contributed by atoms with Crippen molar-refractivity contribution < 1.29 is 4.42 Å². The summed E-state index contributed by atoms with van der Waals surface area (Å²) >= 11 is 2.29. The van der Waals surface area contributed by atoms with Crippen molar-refractivity contribution in [2.75, 3.05) is 0 Å². The maximum Gasteiger partial charge on any atom is 0.174 e. The minimum atomic E-state index is -0.652. The summed E-state index contributed by atoms with van der Waals surface area (Å²) in [6.07, 6.45) is 3.55. The molecule has 28 heavy (non-hydrogen) atoms. The molecule has 2 atom stereocenters. The number of benzene rings is 1. The molecule has 0 aliphatic rings. The molecule has 0 saturated heterocycles. The Bertz CT molecular complexity index is 1060. The van der Waals surface area contributed by atoms with Gasteiger partial charge in [-0.3, -0.25) is 0 Å². The van der Waals surface area contributed by atoms with E-state index in [0.29, 0.717) is 17.3 Å². The number of H-pyrrole nitrogens is 1. The Kier molecular flexibility index (Phi) is 6.16. The average Bonchev–Trinajstić information content (AvgIpc) is 3.26. The molecule has 0 aliphatic carbocycles. The van der Waals surface area contributed by atoms with Gasteiger partial charge in [-0.25, -0.2) is 4.98 Å². The summed E-state index contributed by atoms with van der Waals surface area (Å²) in [5.41, 5.74) is 4.51. The van der Waals surface area contributed by atoms with Crippen molar-refractivity contribution in [3.8, 4) is 22.8 Å². The fourth-order valence-corrected chi connectivity index (χ4v) is 3.33. The molecule has 0 amide bonds. The van der Waals surface area contributed by atoms with Crippen molar-refractivity contribution in [2.24, 2.45) is 0 Å². The second kappa shape index (κ2) is 8.26. The zero-order valence-corrected chi connectivity index (χ0v) is 19.2.